The zero-order valence-corrected chi connectivity index (χ0v) is 9.06. The predicted molar refractivity (Wildman–Crippen MR) is 56.5 cm³/mol. The van der Waals surface area contributed by atoms with Crippen LogP contribution < -0.4 is 4.74 Å². The Morgan fingerprint density at radius 2 is 2.08 bits per heavy atom. The highest BCUT2D eigenvalue weighted by atomic mass is 35.5. The average Bonchev–Trinajstić information content (AvgIpc) is 2.08. The largest absolute Gasteiger partial charge is 0.496 e. The molecule has 0 heterocycles. The second-order valence-corrected chi connectivity index (χ2v) is 3.93. The van der Waals surface area contributed by atoms with Gasteiger partial charge in [0.05, 0.1) is 7.11 Å². The molecule has 0 aliphatic carbocycles. The van der Waals surface area contributed by atoms with E-state index in [1.54, 1.807) is 7.11 Å². The summed E-state index contributed by atoms with van der Waals surface area (Å²) < 4.78 is 5.24. The minimum absolute atomic E-state index is 0.591. The van der Waals surface area contributed by atoms with Gasteiger partial charge >= 0.3 is 0 Å². The molecule has 0 amide bonds. The Labute approximate surface area is 84.7 Å². The van der Waals surface area contributed by atoms with Crippen LogP contribution in [-0.4, -0.2) is 7.11 Å². The average molecular weight is 199 g/mol. The molecule has 0 unspecified atom stereocenters. The molecule has 1 aromatic rings. The Kier molecular flexibility index (Phi) is 3.61. The van der Waals surface area contributed by atoms with Gasteiger partial charge in [0.2, 0.25) is 0 Å². The van der Waals surface area contributed by atoms with Crippen molar-refractivity contribution in [3.05, 3.63) is 28.8 Å². The van der Waals surface area contributed by atoms with Crippen molar-refractivity contribution in [1.29, 1.82) is 0 Å². The third-order valence-corrected chi connectivity index (χ3v) is 2.26. The fourth-order valence-corrected chi connectivity index (χ4v) is 1.58. The molecule has 1 nitrogen and oxygen atoms in total. The summed E-state index contributed by atoms with van der Waals surface area (Å²) in [5.41, 5.74) is 1.11. The van der Waals surface area contributed by atoms with Crippen molar-refractivity contribution in [2.45, 2.75) is 20.3 Å². The first-order valence-electron chi connectivity index (χ1n) is 4.46. The lowest BCUT2D eigenvalue weighted by atomic mass is 10.0. The van der Waals surface area contributed by atoms with Gasteiger partial charge in [-0.25, -0.2) is 0 Å². The van der Waals surface area contributed by atoms with E-state index in [9.17, 15) is 0 Å². The second kappa shape index (κ2) is 4.52. The van der Waals surface area contributed by atoms with Crippen LogP contribution in [0.1, 0.15) is 19.4 Å². The molecular weight excluding hydrogens is 184 g/mol. The number of rotatable bonds is 3. The number of hydrogen-bond acceptors (Lipinski definition) is 1. The van der Waals surface area contributed by atoms with Gasteiger partial charge in [0.1, 0.15) is 5.75 Å². The van der Waals surface area contributed by atoms with E-state index in [1.165, 1.54) is 0 Å². The lowest BCUT2D eigenvalue weighted by molar-refractivity contribution is 0.407. The maximum Gasteiger partial charge on any atom is 0.123 e. The van der Waals surface area contributed by atoms with Crippen LogP contribution in [0.2, 0.25) is 5.02 Å². The molecule has 0 spiro atoms. The molecule has 0 atom stereocenters. The molecule has 0 radical (unpaired) electrons. The topological polar surface area (TPSA) is 9.23 Å². The van der Waals surface area contributed by atoms with Gasteiger partial charge in [-0.05, 0) is 24.5 Å². The fraction of sp³-hybridized carbons (Fsp3) is 0.455. The van der Waals surface area contributed by atoms with Gasteiger partial charge in [-0.15, -0.1) is 0 Å². The molecule has 1 aromatic carbocycles. The van der Waals surface area contributed by atoms with Crippen molar-refractivity contribution in [1.82, 2.24) is 0 Å². The van der Waals surface area contributed by atoms with Crippen LogP contribution in [-0.2, 0) is 6.42 Å². The summed E-state index contributed by atoms with van der Waals surface area (Å²) in [5, 5.41) is 0.799. The van der Waals surface area contributed by atoms with E-state index in [1.807, 2.05) is 18.2 Å². The van der Waals surface area contributed by atoms with Crippen molar-refractivity contribution in [2.24, 2.45) is 5.92 Å². The molecular formula is C11H15ClO. The summed E-state index contributed by atoms with van der Waals surface area (Å²) in [5.74, 6) is 1.48. The number of methoxy groups -OCH3 is 1. The van der Waals surface area contributed by atoms with Crippen molar-refractivity contribution >= 4 is 11.6 Å². The summed E-state index contributed by atoms with van der Waals surface area (Å²) in [7, 11) is 1.68. The highest BCUT2D eigenvalue weighted by molar-refractivity contribution is 6.31. The highest BCUT2D eigenvalue weighted by Crippen LogP contribution is 2.28. The molecule has 0 aliphatic heterocycles. The Balaban J connectivity index is 3.00. The SMILES string of the molecule is COc1cccc(Cl)c1CC(C)C. The van der Waals surface area contributed by atoms with Gasteiger partial charge in [0.25, 0.3) is 0 Å². The van der Waals surface area contributed by atoms with Crippen LogP contribution in [0, 0.1) is 5.92 Å². The predicted octanol–water partition coefficient (Wildman–Crippen LogP) is 3.55. The molecule has 0 saturated heterocycles. The van der Waals surface area contributed by atoms with Crippen LogP contribution in [0.25, 0.3) is 0 Å². The van der Waals surface area contributed by atoms with Crippen LogP contribution >= 0.6 is 11.6 Å². The maximum absolute atomic E-state index is 6.07. The van der Waals surface area contributed by atoms with E-state index in [0.717, 1.165) is 22.8 Å². The standard InChI is InChI=1S/C11H15ClO/c1-8(2)7-9-10(12)5-4-6-11(9)13-3/h4-6,8H,7H2,1-3H3. The molecule has 1 rings (SSSR count). The van der Waals surface area contributed by atoms with Gasteiger partial charge in [0, 0.05) is 10.6 Å². The lowest BCUT2D eigenvalue weighted by Crippen LogP contribution is -1.98. The van der Waals surface area contributed by atoms with Crippen molar-refractivity contribution in [3.63, 3.8) is 0 Å². The van der Waals surface area contributed by atoms with E-state index >= 15 is 0 Å². The Morgan fingerprint density at radius 1 is 1.38 bits per heavy atom. The molecule has 72 valence electrons. The molecule has 0 fully saturated rings. The maximum atomic E-state index is 6.07. The minimum Gasteiger partial charge on any atom is -0.496 e. The molecule has 0 bridgehead atoms. The van der Waals surface area contributed by atoms with Crippen LogP contribution in [0.4, 0.5) is 0 Å². The van der Waals surface area contributed by atoms with Crippen LogP contribution in [0.3, 0.4) is 0 Å². The van der Waals surface area contributed by atoms with E-state index in [2.05, 4.69) is 13.8 Å². The Hall–Kier alpha value is -0.690. The zero-order valence-electron chi connectivity index (χ0n) is 8.30. The molecule has 13 heavy (non-hydrogen) atoms. The quantitative estimate of drug-likeness (QED) is 0.722. The van der Waals surface area contributed by atoms with Crippen molar-refractivity contribution in [3.8, 4) is 5.75 Å². The number of hydrogen-bond donors (Lipinski definition) is 0. The van der Waals surface area contributed by atoms with E-state index in [4.69, 9.17) is 16.3 Å². The van der Waals surface area contributed by atoms with Crippen LogP contribution in [0.15, 0.2) is 18.2 Å². The van der Waals surface area contributed by atoms with Crippen LogP contribution in [0.5, 0.6) is 5.75 Å². The number of ether oxygens (including phenoxy) is 1. The molecule has 0 saturated carbocycles. The van der Waals surface area contributed by atoms with E-state index in [-0.39, 0.29) is 0 Å². The normalized spacial score (nSPS) is 10.5. The number of halogens is 1. The molecule has 0 N–H and O–H groups in total. The second-order valence-electron chi connectivity index (χ2n) is 3.52. The van der Waals surface area contributed by atoms with Gasteiger partial charge in [-0.1, -0.05) is 31.5 Å². The lowest BCUT2D eigenvalue weighted by Gasteiger charge is -2.11. The van der Waals surface area contributed by atoms with Crippen molar-refractivity contribution < 1.29 is 4.74 Å². The first-order chi connectivity index (χ1) is 6.15. The smallest absolute Gasteiger partial charge is 0.123 e. The highest BCUT2D eigenvalue weighted by Gasteiger charge is 2.08. The minimum atomic E-state index is 0.591. The third-order valence-electron chi connectivity index (χ3n) is 1.91. The fourth-order valence-electron chi connectivity index (χ4n) is 1.34. The molecule has 0 aromatic heterocycles. The molecule has 2 heteroatoms. The monoisotopic (exact) mass is 198 g/mol. The van der Waals surface area contributed by atoms with E-state index in [0.29, 0.717) is 5.92 Å². The first kappa shape index (κ1) is 10.4. The summed E-state index contributed by atoms with van der Waals surface area (Å²) in [6, 6.07) is 5.76. The van der Waals surface area contributed by atoms with Crippen molar-refractivity contribution in [2.75, 3.05) is 7.11 Å². The summed E-state index contributed by atoms with van der Waals surface area (Å²) >= 11 is 6.07. The Morgan fingerprint density at radius 3 is 2.62 bits per heavy atom. The summed E-state index contributed by atoms with van der Waals surface area (Å²) in [6.07, 6.45) is 0.961. The number of benzene rings is 1. The van der Waals surface area contributed by atoms with Gasteiger partial charge in [-0.3, -0.25) is 0 Å². The summed E-state index contributed by atoms with van der Waals surface area (Å²) in [6.45, 7) is 4.34. The third kappa shape index (κ3) is 2.63. The zero-order chi connectivity index (χ0) is 9.84. The Bertz CT molecular complexity index is 281. The molecule has 0 aliphatic rings. The van der Waals surface area contributed by atoms with Gasteiger partial charge in [0.15, 0.2) is 0 Å². The van der Waals surface area contributed by atoms with Gasteiger partial charge in [-0.2, -0.15) is 0 Å². The first-order valence-corrected chi connectivity index (χ1v) is 4.84. The summed E-state index contributed by atoms with van der Waals surface area (Å²) in [4.78, 5) is 0. The van der Waals surface area contributed by atoms with Gasteiger partial charge < -0.3 is 4.74 Å². The van der Waals surface area contributed by atoms with E-state index < -0.39 is 0 Å².